The first kappa shape index (κ1) is 17.8. The van der Waals surface area contributed by atoms with Crippen molar-refractivity contribution in [2.24, 2.45) is 0 Å². The molecule has 0 bridgehead atoms. The van der Waals surface area contributed by atoms with Gasteiger partial charge in [0.2, 0.25) is 0 Å². The fourth-order valence-electron chi connectivity index (χ4n) is 3.81. The van der Waals surface area contributed by atoms with E-state index in [-0.39, 0.29) is 17.7 Å². The van der Waals surface area contributed by atoms with E-state index < -0.39 is 6.04 Å². The normalized spacial score (nSPS) is 23.7. The monoisotopic (exact) mass is 372 g/mol. The zero-order valence-electron chi connectivity index (χ0n) is 15.4. The van der Waals surface area contributed by atoms with Gasteiger partial charge in [-0.1, -0.05) is 12.1 Å². The quantitative estimate of drug-likeness (QED) is 0.805. The molecular weight excluding hydrogens is 348 g/mol. The zero-order valence-corrected chi connectivity index (χ0v) is 15.4. The predicted octanol–water partition coefficient (Wildman–Crippen LogP) is 0.517. The molecule has 144 valence electrons. The number of ether oxygens (including phenoxy) is 1. The molecule has 3 aliphatic rings. The van der Waals surface area contributed by atoms with E-state index in [1.807, 2.05) is 4.90 Å². The van der Waals surface area contributed by atoms with E-state index in [0.29, 0.717) is 18.7 Å². The van der Waals surface area contributed by atoms with Gasteiger partial charge in [0, 0.05) is 33.2 Å². The molecule has 1 fully saturated rings. The van der Waals surface area contributed by atoms with Crippen LogP contribution >= 0.6 is 0 Å². The van der Waals surface area contributed by atoms with Gasteiger partial charge in [-0.2, -0.15) is 0 Å². The third-order valence-electron chi connectivity index (χ3n) is 5.45. The molecule has 1 saturated heterocycles. The molecule has 0 radical (unpaired) electrons. The maximum atomic E-state index is 13.1. The number of carbonyl (C=O) groups excluding carboxylic acids is 2. The van der Waals surface area contributed by atoms with Crippen LogP contribution in [-0.2, 0) is 9.53 Å². The topological polar surface area (TPSA) is 85.4 Å². The molecule has 0 aliphatic carbocycles. The number of nitrogens with one attached hydrogen (secondary N) is 1. The number of nitrogens with zero attached hydrogens (tertiary/aromatic N) is 3. The van der Waals surface area contributed by atoms with Gasteiger partial charge in [0.25, 0.3) is 5.91 Å². The molecular formula is C19H24N4O4. The van der Waals surface area contributed by atoms with Crippen molar-refractivity contribution in [2.75, 3.05) is 53.0 Å². The Morgan fingerprint density at radius 1 is 1.15 bits per heavy atom. The smallest absolute Gasteiger partial charge is 0.322 e. The summed E-state index contributed by atoms with van der Waals surface area (Å²) in [6.07, 6.45) is 0. The Kier molecular flexibility index (Phi) is 4.75. The van der Waals surface area contributed by atoms with Gasteiger partial charge in [0.1, 0.15) is 5.75 Å². The van der Waals surface area contributed by atoms with Crippen molar-refractivity contribution in [3.8, 4) is 5.75 Å². The summed E-state index contributed by atoms with van der Waals surface area (Å²) in [5.74, 6) is 0.111. The van der Waals surface area contributed by atoms with Gasteiger partial charge in [-0.3, -0.25) is 14.6 Å². The van der Waals surface area contributed by atoms with Crippen LogP contribution < -0.4 is 5.32 Å². The number of morpholine rings is 1. The highest BCUT2D eigenvalue weighted by Crippen LogP contribution is 2.35. The van der Waals surface area contributed by atoms with Crippen molar-refractivity contribution < 1.29 is 19.4 Å². The average Bonchev–Trinajstić information content (AvgIpc) is 3.01. The molecule has 8 heteroatoms. The molecule has 3 aliphatic heterocycles. The van der Waals surface area contributed by atoms with Gasteiger partial charge < -0.3 is 20.1 Å². The Morgan fingerprint density at radius 2 is 1.85 bits per heavy atom. The van der Waals surface area contributed by atoms with E-state index >= 15 is 0 Å². The maximum absolute atomic E-state index is 13.1. The highest BCUT2D eigenvalue weighted by atomic mass is 16.5. The van der Waals surface area contributed by atoms with E-state index in [1.165, 1.54) is 4.90 Å². The van der Waals surface area contributed by atoms with E-state index in [9.17, 15) is 14.7 Å². The van der Waals surface area contributed by atoms with Crippen LogP contribution in [0.2, 0.25) is 0 Å². The van der Waals surface area contributed by atoms with Crippen molar-refractivity contribution in [2.45, 2.75) is 6.04 Å². The molecule has 1 aromatic carbocycles. The second-order valence-electron chi connectivity index (χ2n) is 7.07. The van der Waals surface area contributed by atoms with Crippen LogP contribution in [0.15, 0.2) is 35.5 Å². The molecule has 1 atom stereocenters. The number of hydrogen-bond acceptors (Lipinski definition) is 5. The van der Waals surface area contributed by atoms with Gasteiger partial charge in [0.15, 0.2) is 0 Å². The first-order chi connectivity index (χ1) is 13.0. The number of likely N-dealkylation sites (N-methyl/N-ethyl adjacent to an activating group) is 1. The number of urea groups is 1. The summed E-state index contributed by atoms with van der Waals surface area (Å²) >= 11 is 0. The lowest BCUT2D eigenvalue weighted by atomic mass is 9.96. The number of rotatable bonds is 4. The molecule has 27 heavy (non-hydrogen) atoms. The van der Waals surface area contributed by atoms with Crippen LogP contribution in [-0.4, -0.2) is 84.7 Å². The number of aromatic hydroxyl groups is 1. The van der Waals surface area contributed by atoms with E-state index in [4.69, 9.17) is 4.74 Å². The van der Waals surface area contributed by atoms with Crippen molar-refractivity contribution in [3.63, 3.8) is 0 Å². The molecule has 3 amide bonds. The molecule has 4 rings (SSSR count). The number of amides is 3. The highest BCUT2D eigenvalue weighted by Gasteiger charge is 2.42. The van der Waals surface area contributed by atoms with Crippen LogP contribution in [0, 0.1) is 0 Å². The van der Waals surface area contributed by atoms with Crippen molar-refractivity contribution in [1.29, 1.82) is 0 Å². The number of phenolic OH excluding ortho intramolecular Hbond substituents is 1. The Balaban J connectivity index is 1.53. The summed E-state index contributed by atoms with van der Waals surface area (Å²) in [7, 11) is 1.69. The average molecular weight is 372 g/mol. The molecule has 0 spiro atoms. The van der Waals surface area contributed by atoms with Gasteiger partial charge in [-0.05, 0) is 17.7 Å². The lowest BCUT2D eigenvalue weighted by Gasteiger charge is -2.31. The zero-order chi connectivity index (χ0) is 19.0. The molecule has 2 N–H and O–H groups in total. The van der Waals surface area contributed by atoms with Crippen molar-refractivity contribution in [3.05, 3.63) is 41.1 Å². The predicted molar refractivity (Wildman–Crippen MR) is 98.0 cm³/mol. The summed E-state index contributed by atoms with van der Waals surface area (Å²) < 4.78 is 5.37. The molecule has 8 nitrogen and oxygen atoms in total. The first-order valence-electron chi connectivity index (χ1n) is 9.20. The Morgan fingerprint density at radius 3 is 2.56 bits per heavy atom. The molecule has 3 heterocycles. The highest BCUT2D eigenvalue weighted by molar-refractivity contribution is 6.01. The van der Waals surface area contributed by atoms with Crippen LogP contribution in [0.1, 0.15) is 11.6 Å². The number of benzene rings is 1. The summed E-state index contributed by atoms with van der Waals surface area (Å²) in [4.78, 5) is 31.1. The molecule has 1 aromatic rings. The number of hydrogen-bond donors (Lipinski definition) is 2. The summed E-state index contributed by atoms with van der Waals surface area (Å²) in [6, 6.07) is 5.88. The van der Waals surface area contributed by atoms with Crippen LogP contribution in [0.25, 0.3) is 0 Å². The Bertz CT molecular complexity index is 770. The fourth-order valence-corrected chi connectivity index (χ4v) is 3.81. The molecule has 0 unspecified atom stereocenters. The van der Waals surface area contributed by atoms with Crippen LogP contribution in [0.3, 0.4) is 0 Å². The minimum absolute atomic E-state index is 0.0387. The van der Waals surface area contributed by atoms with E-state index in [0.717, 1.165) is 44.1 Å². The summed E-state index contributed by atoms with van der Waals surface area (Å²) in [6.45, 7) is 5.08. The van der Waals surface area contributed by atoms with Gasteiger partial charge in [-0.25, -0.2) is 4.79 Å². The third-order valence-corrected chi connectivity index (χ3v) is 5.45. The second kappa shape index (κ2) is 7.21. The largest absolute Gasteiger partial charge is 0.508 e. The van der Waals surface area contributed by atoms with Crippen molar-refractivity contribution >= 4 is 11.9 Å². The standard InChI is InChI=1S/C19H24N4O4/c1-21-15-12-23(7-6-22-8-10-27-11-9-22)18(25)16(15)17(20-19(21)26)13-2-4-14(24)5-3-13/h2-5,17,24H,6-12H2,1H3,(H,20,26)/t17-/m0/s1. The molecule has 0 saturated carbocycles. The fraction of sp³-hybridized carbons (Fsp3) is 0.474. The minimum Gasteiger partial charge on any atom is -0.508 e. The third kappa shape index (κ3) is 3.38. The summed E-state index contributed by atoms with van der Waals surface area (Å²) in [5, 5.41) is 12.4. The van der Waals surface area contributed by atoms with Crippen molar-refractivity contribution in [1.82, 2.24) is 20.0 Å². The van der Waals surface area contributed by atoms with Gasteiger partial charge in [-0.15, -0.1) is 0 Å². The van der Waals surface area contributed by atoms with Gasteiger partial charge >= 0.3 is 6.03 Å². The summed E-state index contributed by atoms with van der Waals surface area (Å²) in [5.41, 5.74) is 2.15. The van der Waals surface area contributed by atoms with Crippen LogP contribution in [0.4, 0.5) is 4.79 Å². The van der Waals surface area contributed by atoms with E-state index in [1.54, 1.807) is 31.3 Å². The molecule has 0 aromatic heterocycles. The van der Waals surface area contributed by atoms with E-state index in [2.05, 4.69) is 10.2 Å². The van der Waals surface area contributed by atoms with Gasteiger partial charge in [0.05, 0.1) is 37.1 Å². The second-order valence-corrected chi connectivity index (χ2v) is 7.07. The minimum atomic E-state index is -0.495. The SMILES string of the molecule is CN1C(=O)N[C@@H](c2ccc(O)cc2)C2=C1CN(CCN1CCOCC1)C2=O. The Hall–Kier alpha value is -2.58. The Labute approximate surface area is 158 Å². The first-order valence-corrected chi connectivity index (χ1v) is 9.20. The van der Waals surface area contributed by atoms with Crippen LogP contribution in [0.5, 0.6) is 5.75 Å². The lowest BCUT2D eigenvalue weighted by molar-refractivity contribution is -0.126. The lowest BCUT2D eigenvalue weighted by Crippen LogP contribution is -2.45. The maximum Gasteiger partial charge on any atom is 0.322 e. The number of phenols is 1. The number of carbonyl (C=O) groups is 2.